The van der Waals surface area contributed by atoms with Gasteiger partial charge in [0.2, 0.25) is 0 Å². The monoisotopic (exact) mass is 652 g/mol. The number of aromatic nitrogens is 1. The fourth-order valence-electron chi connectivity index (χ4n) is 5.86. The summed E-state index contributed by atoms with van der Waals surface area (Å²) in [6.07, 6.45) is 6.84. The molecular weight excluding hydrogens is 621 g/mol. The fraction of sp³-hybridized carbons (Fsp3) is 0.265. The first kappa shape index (κ1) is 31.1. The zero-order chi connectivity index (χ0) is 31.1. The Labute approximate surface area is 277 Å². The minimum Gasteiger partial charge on any atom is -0.457 e. The van der Waals surface area contributed by atoms with Gasteiger partial charge in [-0.1, -0.05) is 30.3 Å². The first-order chi connectivity index (χ1) is 21.9. The van der Waals surface area contributed by atoms with E-state index in [4.69, 9.17) is 4.74 Å². The van der Waals surface area contributed by atoms with E-state index in [0.717, 1.165) is 18.4 Å². The molecule has 234 valence electrons. The van der Waals surface area contributed by atoms with Gasteiger partial charge in [0.1, 0.15) is 32.8 Å². The van der Waals surface area contributed by atoms with Crippen molar-refractivity contribution in [2.45, 2.75) is 38.6 Å². The number of hydrogen-bond acceptors (Lipinski definition) is 7. The number of allylic oxidation sites excluding steroid dienone is 1. The van der Waals surface area contributed by atoms with Gasteiger partial charge in [0.15, 0.2) is 0 Å². The molecule has 7 rings (SSSR count). The Morgan fingerprint density at radius 2 is 1.91 bits per heavy atom. The van der Waals surface area contributed by atoms with Crippen LogP contribution in [0.1, 0.15) is 40.9 Å². The molecule has 0 spiro atoms. The quantitative estimate of drug-likeness (QED) is 0.168. The van der Waals surface area contributed by atoms with Gasteiger partial charge in [-0.3, -0.25) is 14.5 Å². The second-order valence-electron chi connectivity index (χ2n) is 11.5. The molecule has 1 saturated heterocycles. The number of carbonyl (C=O) groups is 3. The maximum absolute atomic E-state index is 13.7. The Hall–Kier alpha value is -4.86. The van der Waals surface area contributed by atoms with E-state index in [-0.39, 0.29) is 36.9 Å². The molecular formula is C34H32N6O4S2. The predicted octanol–water partition coefficient (Wildman–Crippen LogP) is 6.77. The summed E-state index contributed by atoms with van der Waals surface area (Å²) in [5.74, 6) is 0.962. The summed E-state index contributed by atoms with van der Waals surface area (Å²) < 4.78 is 6.05. The van der Waals surface area contributed by atoms with Crippen LogP contribution in [0.4, 0.5) is 21.9 Å². The molecule has 2 aromatic heterocycles. The summed E-state index contributed by atoms with van der Waals surface area (Å²) in [5, 5.41) is 16.3. The number of thiophene rings is 1. The van der Waals surface area contributed by atoms with E-state index >= 15 is 0 Å². The normalized spacial score (nSPS) is 17.5. The molecule has 1 aliphatic carbocycles. The summed E-state index contributed by atoms with van der Waals surface area (Å²) in [6.45, 7) is 2.78. The molecule has 1 atom stereocenters. The van der Waals surface area contributed by atoms with Crippen LogP contribution < -0.4 is 20.3 Å². The molecule has 1 saturated carbocycles. The lowest BCUT2D eigenvalue weighted by Crippen LogP contribution is -2.50. The molecule has 2 N–H and O–H groups in total. The lowest BCUT2D eigenvalue weighted by Gasteiger charge is -2.33. The Kier molecular flexibility index (Phi) is 8.71. The molecule has 12 heteroatoms. The molecule has 2 aliphatic heterocycles. The number of benzene rings is 2. The molecule has 46 heavy (non-hydrogen) atoms. The third-order valence-electron chi connectivity index (χ3n) is 8.27. The molecule has 10 nitrogen and oxygen atoms in total. The van der Waals surface area contributed by atoms with Gasteiger partial charge >= 0.3 is 6.03 Å². The standard InChI is InChI=1S/C34H30N6O4S.H2S/c1-20-9-12-25(44-24-7-3-2-4-8-24)17-27(20)40-26-13-14-36-32-28(26)29(38-34(40)43)30(45-32)31(41)37-23-6-5-15-39(19-23)33(42)22(18-35)16-21-10-11-21;/h2-4,7-9,12-14,16-17,21,23H,5-6,10-11,15,19H2,1H3,(H,37,41)(H,38,43);1H2/b22-16+;/t23-;/m0./s1. The molecule has 2 aromatic carbocycles. The number of nitrogens with zero attached hydrogens (tertiary/aromatic N) is 4. The highest BCUT2D eigenvalue weighted by Crippen LogP contribution is 2.47. The number of piperidine rings is 1. The molecule has 4 aromatic rings. The van der Waals surface area contributed by atoms with E-state index in [1.165, 1.54) is 11.3 Å². The van der Waals surface area contributed by atoms with Crippen LogP contribution in [-0.2, 0) is 4.79 Å². The number of carbonyl (C=O) groups excluding carboxylic acids is 3. The number of rotatable bonds is 7. The Balaban J connectivity index is 0.00000372. The van der Waals surface area contributed by atoms with Crippen LogP contribution in [0, 0.1) is 24.2 Å². The fourth-order valence-corrected chi connectivity index (χ4v) is 6.88. The second kappa shape index (κ2) is 12.9. The molecule has 0 bridgehead atoms. The SMILES string of the molecule is Cc1ccc(Oc2ccccc2)cc1N1C(=O)Nc2c(C(=O)N[C@H]3CCCN(C(=O)/C(C#N)=C/C4CC4)C3)sc3nccc1c23.S. The van der Waals surface area contributed by atoms with Crippen molar-refractivity contribution in [1.82, 2.24) is 15.2 Å². The number of pyridine rings is 1. The van der Waals surface area contributed by atoms with Crippen LogP contribution >= 0.6 is 24.8 Å². The largest absolute Gasteiger partial charge is 0.457 e. The number of nitrogens with one attached hydrogen (secondary N) is 2. The van der Waals surface area contributed by atoms with Crippen LogP contribution in [0.15, 0.2) is 72.4 Å². The predicted molar refractivity (Wildman–Crippen MR) is 182 cm³/mol. The smallest absolute Gasteiger partial charge is 0.331 e. The minimum absolute atomic E-state index is 0. The number of ether oxygens (including phenoxy) is 1. The van der Waals surface area contributed by atoms with Crippen molar-refractivity contribution in [2.75, 3.05) is 23.3 Å². The van der Waals surface area contributed by atoms with Gasteiger partial charge in [0.05, 0.1) is 22.4 Å². The van der Waals surface area contributed by atoms with Crippen LogP contribution in [0.3, 0.4) is 0 Å². The summed E-state index contributed by atoms with van der Waals surface area (Å²) in [5.41, 5.74) is 2.74. The Bertz CT molecular complexity index is 1910. The van der Waals surface area contributed by atoms with Crippen LogP contribution in [0.25, 0.3) is 10.2 Å². The zero-order valence-electron chi connectivity index (χ0n) is 25.1. The van der Waals surface area contributed by atoms with Crippen molar-refractivity contribution in [3.8, 4) is 17.6 Å². The van der Waals surface area contributed by atoms with Gasteiger partial charge in [-0.25, -0.2) is 9.78 Å². The summed E-state index contributed by atoms with van der Waals surface area (Å²) >= 11 is 1.22. The minimum atomic E-state index is -0.400. The number of amides is 4. The molecule has 0 unspecified atom stereocenters. The second-order valence-corrected chi connectivity index (χ2v) is 12.5. The molecule has 3 aliphatic rings. The van der Waals surface area contributed by atoms with Gasteiger partial charge < -0.3 is 20.3 Å². The third kappa shape index (κ3) is 6.03. The van der Waals surface area contributed by atoms with Crippen molar-refractivity contribution in [1.29, 1.82) is 5.26 Å². The maximum Gasteiger partial charge on any atom is 0.331 e. The molecule has 4 heterocycles. The van der Waals surface area contributed by atoms with Crippen molar-refractivity contribution in [3.05, 3.63) is 82.9 Å². The molecule has 0 radical (unpaired) electrons. The van der Waals surface area contributed by atoms with Gasteiger partial charge in [0.25, 0.3) is 11.8 Å². The average molecular weight is 653 g/mol. The number of para-hydroxylation sites is 1. The zero-order valence-corrected chi connectivity index (χ0v) is 26.9. The van der Waals surface area contributed by atoms with Crippen molar-refractivity contribution in [2.24, 2.45) is 5.92 Å². The van der Waals surface area contributed by atoms with Crippen LogP contribution in [-0.4, -0.2) is 46.9 Å². The van der Waals surface area contributed by atoms with E-state index < -0.39 is 6.03 Å². The molecule has 2 fully saturated rings. The first-order valence-corrected chi connectivity index (χ1v) is 15.8. The van der Waals surface area contributed by atoms with Gasteiger partial charge in [-0.05, 0) is 68.4 Å². The lowest BCUT2D eigenvalue weighted by molar-refractivity contribution is -0.128. The topological polar surface area (TPSA) is 128 Å². The number of aryl methyl sites for hydroxylation is 1. The van der Waals surface area contributed by atoms with E-state index in [2.05, 4.69) is 21.7 Å². The van der Waals surface area contributed by atoms with E-state index in [1.807, 2.05) is 55.5 Å². The highest BCUT2D eigenvalue weighted by atomic mass is 32.1. The number of urea groups is 1. The Morgan fingerprint density at radius 3 is 2.67 bits per heavy atom. The molecule has 4 amide bonds. The Morgan fingerprint density at radius 1 is 1.11 bits per heavy atom. The lowest BCUT2D eigenvalue weighted by atomic mass is 10.0. The maximum atomic E-state index is 13.7. The van der Waals surface area contributed by atoms with Crippen LogP contribution in [0.2, 0.25) is 0 Å². The van der Waals surface area contributed by atoms with E-state index in [0.29, 0.717) is 75.5 Å². The number of anilines is 3. The first-order valence-electron chi connectivity index (χ1n) is 15.0. The van der Waals surface area contributed by atoms with Crippen LogP contribution in [0.5, 0.6) is 11.5 Å². The number of likely N-dealkylation sites (tertiary alicyclic amines) is 1. The highest BCUT2D eigenvalue weighted by Gasteiger charge is 2.35. The number of nitriles is 1. The van der Waals surface area contributed by atoms with Gasteiger partial charge in [-0.15, -0.1) is 11.3 Å². The van der Waals surface area contributed by atoms with Crippen molar-refractivity contribution >= 4 is 70.0 Å². The summed E-state index contributed by atoms with van der Waals surface area (Å²) in [4.78, 5) is 49.2. The highest BCUT2D eigenvalue weighted by molar-refractivity contribution is 7.59. The van der Waals surface area contributed by atoms with Crippen molar-refractivity contribution in [3.63, 3.8) is 0 Å². The average Bonchev–Trinajstić information content (AvgIpc) is 3.80. The number of hydrogen-bond donors (Lipinski definition) is 2. The van der Waals surface area contributed by atoms with E-state index in [9.17, 15) is 19.6 Å². The third-order valence-corrected chi connectivity index (χ3v) is 9.37. The van der Waals surface area contributed by atoms with Gasteiger partial charge in [0, 0.05) is 31.4 Å². The summed E-state index contributed by atoms with van der Waals surface area (Å²) in [6, 6.07) is 18.2. The van der Waals surface area contributed by atoms with Crippen molar-refractivity contribution < 1.29 is 19.1 Å². The van der Waals surface area contributed by atoms with Gasteiger partial charge in [-0.2, -0.15) is 18.8 Å². The van der Waals surface area contributed by atoms with E-state index in [1.54, 1.807) is 28.1 Å². The summed E-state index contributed by atoms with van der Waals surface area (Å²) in [7, 11) is 0.